The molecule has 0 spiro atoms. The maximum atomic E-state index is 13.2. The molecular formula is C26H17ClF3N5O3. The van der Waals surface area contributed by atoms with E-state index in [1.807, 2.05) is 23.9 Å². The molecule has 0 bridgehead atoms. The summed E-state index contributed by atoms with van der Waals surface area (Å²) in [5, 5.41) is 6.86. The second-order valence-electron chi connectivity index (χ2n) is 8.19. The smallest absolute Gasteiger partial charge is 0.417 e. The molecule has 12 heteroatoms. The molecule has 3 aromatic heterocycles. The zero-order valence-electron chi connectivity index (χ0n) is 19.5. The lowest BCUT2D eigenvalue weighted by molar-refractivity contribution is -0.137. The Morgan fingerprint density at radius 1 is 1.03 bits per heavy atom. The summed E-state index contributed by atoms with van der Waals surface area (Å²) in [5.74, 6) is 0.281. The standard InChI is InChI=1S/C26H17ClF3N5O3/c1-34-12-9-18-22(8-11-31-24(18)34)38-17-5-2-15(3-6-17)32-25(37)23-21(36)10-13-35(33-23)16-4-7-20(27)19(14-16)26(28,29)30/h2-14H,1H3,(H,32,37). The normalized spacial score (nSPS) is 11.5. The van der Waals surface area contributed by atoms with Crippen molar-refractivity contribution in [3.63, 3.8) is 0 Å². The van der Waals surface area contributed by atoms with Crippen molar-refractivity contribution in [2.45, 2.75) is 6.18 Å². The van der Waals surface area contributed by atoms with Gasteiger partial charge in [0, 0.05) is 37.4 Å². The number of rotatable bonds is 5. The van der Waals surface area contributed by atoms with E-state index < -0.39 is 33.8 Å². The Morgan fingerprint density at radius 3 is 2.53 bits per heavy atom. The SMILES string of the molecule is Cn1ccc2c(Oc3ccc(NC(=O)c4nn(-c5ccc(Cl)c(C(F)(F)F)c5)ccc4=O)cc3)ccnc21. The minimum atomic E-state index is -4.69. The topological polar surface area (TPSA) is 91.0 Å². The van der Waals surface area contributed by atoms with E-state index in [9.17, 15) is 22.8 Å². The van der Waals surface area contributed by atoms with Crippen molar-refractivity contribution < 1.29 is 22.7 Å². The molecule has 0 aliphatic rings. The number of aryl methyl sites for hydroxylation is 1. The molecule has 0 fully saturated rings. The molecule has 192 valence electrons. The first kappa shape index (κ1) is 25.0. The molecule has 1 N–H and O–H groups in total. The number of carbonyl (C=O) groups excluding carboxylic acids is 1. The lowest BCUT2D eigenvalue weighted by Crippen LogP contribution is -2.25. The number of aromatic nitrogens is 4. The van der Waals surface area contributed by atoms with Crippen molar-refractivity contribution in [3.8, 4) is 17.2 Å². The van der Waals surface area contributed by atoms with Crippen molar-refractivity contribution >= 4 is 34.2 Å². The van der Waals surface area contributed by atoms with Crippen LogP contribution >= 0.6 is 11.6 Å². The summed E-state index contributed by atoms with van der Waals surface area (Å²) in [5.41, 5.74) is -1.18. The number of hydrogen-bond acceptors (Lipinski definition) is 5. The Bertz CT molecular complexity index is 1730. The van der Waals surface area contributed by atoms with Gasteiger partial charge in [-0.3, -0.25) is 9.59 Å². The number of halogens is 4. The molecule has 38 heavy (non-hydrogen) atoms. The van der Waals surface area contributed by atoms with Crippen LogP contribution in [0.25, 0.3) is 16.7 Å². The third-order valence-corrected chi connectivity index (χ3v) is 5.94. The van der Waals surface area contributed by atoms with Crippen molar-refractivity contribution in [1.29, 1.82) is 0 Å². The summed E-state index contributed by atoms with van der Waals surface area (Å²) in [7, 11) is 1.88. The highest BCUT2D eigenvalue weighted by molar-refractivity contribution is 6.31. The third-order valence-electron chi connectivity index (χ3n) is 5.61. The van der Waals surface area contributed by atoms with Gasteiger partial charge in [0.1, 0.15) is 17.1 Å². The van der Waals surface area contributed by atoms with Crippen LogP contribution in [-0.2, 0) is 13.2 Å². The van der Waals surface area contributed by atoms with Gasteiger partial charge >= 0.3 is 6.18 Å². The number of amides is 1. The Kier molecular flexibility index (Phi) is 6.37. The maximum Gasteiger partial charge on any atom is 0.417 e. The molecule has 0 saturated heterocycles. The van der Waals surface area contributed by atoms with Gasteiger partial charge in [-0.1, -0.05) is 11.6 Å². The van der Waals surface area contributed by atoms with Crippen LogP contribution in [0.5, 0.6) is 11.5 Å². The minimum Gasteiger partial charge on any atom is -0.457 e. The number of nitrogens with zero attached hydrogens (tertiary/aromatic N) is 4. The summed E-state index contributed by atoms with van der Waals surface area (Å²) < 4.78 is 48.5. The van der Waals surface area contributed by atoms with Crippen LogP contribution in [-0.4, -0.2) is 25.2 Å². The average molecular weight is 540 g/mol. The van der Waals surface area contributed by atoms with Gasteiger partial charge in [0.2, 0.25) is 5.43 Å². The quantitative estimate of drug-likeness (QED) is 0.303. The molecule has 3 heterocycles. The zero-order valence-corrected chi connectivity index (χ0v) is 20.3. The first-order chi connectivity index (χ1) is 18.1. The van der Waals surface area contributed by atoms with Gasteiger partial charge in [-0.05, 0) is 54.6 Å². The van der Waals surface area contributed by atoms with E-state index in [1.54, 1.807) is 36.5 Å². The van der Waals surface area contributed by atoms with Crippen molar-refractivity contribution in [2.75, 3.05) is 5.32 Å². The largest absolute Gasteiger partial charge is 0.457 e. The van der Waals surface area contributed by atoms with Gasteiger partial charge in [-0.15, -0.1) is 0 Å². The van der Waals surface area contributed by atoms with Crippen LogP contribution in [0.3, 0.4) is 0 Å². The zero-order chi connectivity index (χ0) is 27.0. The van der Waals surface area contributed by atoms with E-state index in [2.05, 4.69) is 15.4 Å². The first-order valence-corrected chi connectivity index (χ1v) is 11.4. The maximum absolute atomic E-state index is 13.2. The fourth-order valence-corrected chi connectivity index (χ4v) is 3.96. The molecule has 0 saturated carbocycles. The summed E-state index contributed by atoms with van der Waals surface area (Å²) >= 11 is 5.67. The highest BCUT2D eigenvalue weighted by atomic mass is 35.5. The lowest BCUT2D eigenvalue weighted by atomic mass is 10.2. The number of pyridine rings is 1. The predicted octanol–water partition coefficient (Wildman–Crippen LogP) is 5.84. The molecular weight excluding hydrogens is 523 g/mol. The van der Waals surface area contributed by atoms with Crippen molar-refractivity contribution in [1.82, 2.24) is 19.3 Å². The highest BCUT2D eigenvalue weighted by Crippen LogP contribution is 2.35. The van der Waals surface area contributed by atoms with Gasteiger partial charge in [0.05, 0.1) is 21.7 Å². The Morgan fingerprint density at radius 2 is 1.79 bits per heavy atom. The monoisotopic (exact) mass is 539 g/mol. The number of benzene rings is 2. The van der Waals surface area contributed by atoms with E-state index in [0.717, 1.165) is 40.1 Å². The summed E-state index contributed by atoms with van der Waals surface area (Å²) in [6.07, 6.45) is -0.0130. The molecule has 1 amide bonds. The summed E-state index contributed by atoms with van der Waals surface area (Å²) in [6, 6.07) is 14.2. The highest BCUT2D eigenvalue weighted by Gasteiger charge is 2.33. The predicted molar refractivity (Wildman–Crippen MR) is 135 cm³/mol. The Labute approximate surface area is 217 Å². The van der Waals surface area contributed by atoms with Crippen LogP contribution < -0.4 is 15.5 Å². The second kappa shape index (κ2) is 9.67. The number of carbonyl (C=O) groups is 1. The van der Waals surface area contributed by atoms with E-state index >= 15 is 0 Å². The Balaban J connectivity index is 1.35. The fourth-order valence-electron chi connectivity index (χ4n) is 3.73. The molecule has 0 unspecified atom stereocenters. The molecule has 0 aliphatic heterocycles. The van der Waals surface area contributed by atoms with Gasteiger partial charge in [0.25, 0.3) is 5.91 Å². The van der Waals surface area contributed by atoms with E-state index in [-0.39, 0.29) is 5.69 Å². The number of fused-ring (bicyclic) bond motifs is 1. The molecule has 5 rings (SSSR count). The van der Waals surface area contributed by atoms with E-state index in [1.165, 1.54) is 6.07 Å². The molecule has 2 aromatic carbocycles. The molecule has 5 aromatic rings. The fraction of sp³-hybridized carbons (Fsp3) is 0.0769. The van der Waals surface area contributed by atoms with Crippen LogP contribution in [0, 0.1) is 0 Å². The van der Waals surface area contributed by atoms with Crippen LogP contribution in [0.2, 0.25) is 5.02 Å². The van der Waals surface area contributed by atoms with Gasteiger partial charge in [-0.25, -0.2) is 9.67 Å². The molecule has 8 nitrogen and oxygen atoms in total. The number of anilines is 1. The average Bonchev–Trinajstić information content (AvgIpc) is 3.27. The third kappa shape index (κ3) is 4.96. The Hall–Kier alpha value is -4.64. The minimum absolute atomic E-state index is 0.0269. The van der Waals surface area contributed by atoms with Crippen LogP contribution in [0.4, 0.5) is 18.9 Å². The number of nitrogens with one attached hydrogen (secondary N) is 1. The van der Waals surface area contributed by atoms with Crippen LogP contribution in [0.1, 0.15) is 16.1 Å². The lowest BCUT2D eigenvalue weighted by Gasteiger charge is -2.13. The van der Waals surface area contributed by atoms with Crippen molar-refractivity contribution in [3.05, 3.63) is 106 Å². The first-order valence-electron chi connectivity index (χ1n) is 11.1. The second-order valence-corrected chi connectivity index (χ2v) is 8.60. The van der Waals surface area contributed by atoms with Crippen LogP contribution in [0.15, 0.2) is 84.0 Å². The van der Waals surface area contributed by atoms with Gasteiger partial charge < -0.3 is 14.6 Å². The molecule has 0 atom stereocenters. The number of alkyl halides is 3. The van der Waals surface area contributed by atoms with E-state index in [4.69, 9.17) is 16.3 Å². The molecule has 0 radical (unpaired) electrons. The van der Waals surface area contributed by atoms with Crippen molar-refractivity contribution in [2.24, 2.45) is 7.05 Å². The molecule has 0 aliphatic carbocycles. The summed E-state index contributed by atoms with van der Waals surface area (Å²) in [6.45, 7) is 0. The van der Waals surface area contributed by atoms with Gasteiger partial charge in [-0.2, -0.15) is 18.3 Å². The summed E-state index contributed by atoms with van der Waals surface area (Å²) in [4.78, 5) is 29.4. The number of ether oxygens (including phenoxy) is 1. The number of hydrogen-bond donors (Lipinski definition) is 1. The van der Waals surface area contributed by atoms with E-state index in [0.29, 0.717) is 17.2 Å². The van der Waals surface area contributed by atoms with Gasteiger partial charge in [0.15, 0.2) is 5.69 Å².